The van der Waals surface area contributed by atoms with E-state index in [-0.39, 0.29) is 12.1 Å². The molecule has 0 saturated heterocycles. The second-order valence-corrected chi connectivity index (χ2v) is 5.04. The van der Waals surface area contributed by atoms with Gasteiger partial charge in [-0.25, -0.2) is 4.98 Å². The molecule has 3 aromatic rings. The number of pyridine rings is 1. The first-order valence-corrected chi connectivity index (χ1v) is 6.64. The molecule has 0 spiro atoms. The van der Waals surface area contributed by atoms with E-state index >= 15 is 0 Å². The molecular formula is C13H11N3O2S. The van der Waals surface area contributed by atoms with Crippen LogP contribution >= 0.6 is 11.3 Å². The lowest BCUT2D eigenvalue weighted by Crippen LogP contribution is -2.23. The molecule has 0 aliphatic carbocycles. The zero-order valence-corrected chi connectivity index (χ0v) is 10.7. The lowest BCUT2D eigenvalue weighted by Gasteiger charge is -2.12. The first kappa shape index (κ1) is 12.0. The van der Waals surface area contributed by atoms with E-state index in [9.17, 15) is 9.90 Å². The van der Waals surface area contributed by atoms with Crippen LogP contribution in [0, 0.1) is 0 Å². The summed E-state index contributed by atoms with van der Waals surface area (Å²) in [5.74, 6) is 0. The fraction of sp³-hybridized carbons (Fsp3) is 0.154. The summed E-state index contributed by atoms with van der Waals surface area (Å²) in [7, 11) is 0. The van der Waals surface area contributed by atoms with E-state index in [1.807, 2.05) is 5.38 Å². The highest BCUT2D eigenvalue weighted by Gasteiger charge is 2.11. The Morgan fingerprint density at radius 3 is 3.11 bits per heavy atom. The van der Waals surface area contributed by atoms with Gasteiger partial charge in [0, 0.05) is 18.0 Å². The van der Waals surface area contributed by atoms with Crippen LogP contribution in [0.3, 0.4) is 0 Å². The van der Waals surface area contributed by atoms with Gasteiger partial charge in [0.1, 0.15) is 4.83 Å². The average Bonchev–Trinajstić information content (AvgIpc) is 2.92. The van der Waals surface area contributed by atoms with Crippen LogP contribution in [0.1, 0.15) is 11.7 Å². The van der Waals surface area contributed by atoms with Crippen molar-refractivity contribution in [3.8, 4) is 0 Å². The van der Waals surface area contributed by atoms with E-state index in [1.54, 1.807) is 30.6 Å². The van der Waals surface area contributed by atoms with Crippen LogP contribution in [-0.2, 0) is 6.54 Å². The summed E-state index contributed by atoms with van der Waals surface area (Å²) in [6.07, 6.45) is 3.93. The van der Waals surface area contributed by atoms with Gasteiger partial charge < -0.3 is 5.11 Å². The summed E-state index contributed by atoms with van der Waals surface area (Å²) < 4.78 is 1.42. The first-order valence-electron chi connectivity index (χ1n) is 5.76. The highest BCUT2D eigenvalue weighted by atomic mass is 32.1. The molecule has 0 amide bonds. The van der Waals surface area contributed by atoms with Crippen molar-refractivity contribution in [2.75, 3.05) is 0 Å². The van der Waals surface area contributed by atoms with Crippen LogP contribution in [0.15, 0.2) is 47.1 Å². The molecule has 96 valence electrons. The van der Waals surface area contributed by atoms with Gasteiger partial charge in [0.05, 0.1) is 24.4 Å². The number of nitrogens with zero attached hydrogens (tertiary/aromatic N) is 3. The number of hydrogen-bond acceptors (Lipinski definition) is 5. The molecule has 0 fully saturated rings. The molecule has 0 bridgehead atoms. The maximum Gasteiger partial charge on any atom is 0.262 e. The monoisotopic (exact) mass is 273 g/mol. The van der Waals surface area contributed by atoms with Crippen LogP contribution in [0.4, 0.5) is 0 Å². The minimum absolute atomic E-state index is 0.130. The van der Waals surface area contributed by atoms with E-state index in [1.165, 1.54) is 22.2 Å². The highest BCUT2D eigenvalue weighted by molar-refractivity contribution is 7.16. The second kappa shape index (κ2) is 4.91. The molecule has 3 aromatic heterocycles. The Kier molecular flexibility index (Phi) is 3.10. The quantitative estimate of drug-likeness (QED) is 0.787. The topological polar surface area (TPSA) is 68.0 Å². The number of aliphatic hydroxyl groups is 1. The number of thiophene rings is 1. The second-order valence-electron chi connectivity index (χ2n) is 4.14. The van der Waals surface area contributed by atoms with Gasteiger partial charge in [-0.1, -0.05) is 6.07 Å². The molecule has 0 aliphatic rings. The van der Waals surface area contributed by atoms with Crippen molar-refractivity contribution in [1.82, 2.24) is 14.5 Å². The molecular weight excluding hydrogens is 262 g/mol. The smallest absolute Gasteiger partial charge is 0.262 e. The Morgan fingerprint density at radius 1 is 1.42 bits per heavy atom. The Hall–Kier alpha value is -2.05. The molecule has 0 saturated carbocycles. The summed E-state index contributed by atoms with van der Waals surface area (Å²) in [5, 5.41) is 12.5. The van der Waals surface area contributed by atoms with Crippen molar-refractivity contribution < 1.29 is 5.11 Å². The molecule has 1 N–H and O–H groups in total. The maximum absolute atomic E-state index is 12.2. The fourth-order valence-electron chi connectivity index (χ4n) is 1.89. The van der Waals surface area contributed by atoms with Crippen molar-refractivity contribution in [1.29, 1.82) is 0 Å². The van der Waals surface area contributed by atoms with E-state index in [4.69, 9.17) is 0 Å². The van der Waals surface area contributed by atoms with E-state index < -0.39 is 6.10 Å². The van der Waals surface area contributed by atoms with Gasteiger partial charge in [0.25, 0.3) is 5.56 Å². The van der Waals surface area contributed by atoms with Gasteiger partial charge in [0.15, 0.2) is 0 Å². The molecule has 3 rings (SSSR count). The third-order valence-electron chi connectivity index (χ3n) is 2.89. The molecule has 0 radical (unpaired) electrons. The van der Waals surface area contributed by atoms with Crippen LogP contribution in [0.2, 0.25) is 0 Å². The van der Waals surface area contributed by atoms with Gasteiger partial charge in [-0.05, 0) is 17.5 Å². The first-order chi connectivity index (χ1) is 9.25. The summed E-state index contributed by atoms with van der Waals surface area (Å²) in [6.45, 7) is 0.170. The highest BCUT2D eigenvalue weighted by Crippen LogP contribution is 2.15. The van der Waals surface area contributed by atoms with Crippen molar-refractivity contribution >= 4 is 21.6 Å². The predicted octanol–water partition coefficient (Wildman–Crippen LogP) is 1.59. The number of fused-ring (bicyclic) bond motifs is 1. The molecule has 0 aliphatic heterocycles. The van der Waals surface area contributed by atoms with Crippen molar-refractivity contribution in [2.24, 2.45) is 0 Å². The number of aliphatic hydroxyl groups excluding tert-OH is 1. The number of hydrogen-bond donors (Lipinski definition) is 1. The largest absolute Gasteiger partial charge is 0.386 e. The summed E-state index contributed by atoms with van der Waals surface area (Å²) >= 11 is 1.43. The Balaban J connectivity index is 1.93. The fourth-order valence-corrected chi connectivity index (χ4v) is 2.61. The molecule has 19 heavy (non-hydrogen) atoms. The van der Waals surface area contributed by atoms with Gasteiger partial charge in [-0.3, -0.25) is 14.3 Å². The van der Waals surface area contributed by atoms with Crippen molar-refractivity contribution in [2.45, 2.75) is 12.6 Å². The molecule has 0 aromatic carbocycles. The van der Waals surface area contributed by atoms with Gasteiger partial charge in [0.2, 0.25) is 0 Å². The third kappa shape index (κ3) is 2.27. The standard InChI is InChI=1S/C13H11N3O2S/c17-11(9-2-1-4-14-6-9)7-16-8-15-12-10(13(16)18)3-5-19-12/h1-6,8,11,17H,7H2/t11-/m0/s1. The van der Waals surface area contributed by atoms with Crippen LogP contribution in [0.25, 0.3) is 10.2 Å². The van der Waals surface area contributed by atoms with Crippen molar-refractivity contribution in [3.05, 3.63) is 58.2 Å². The van der Waals surface area contributed by atoms with E-state index in [0.717, 1.165) is 4.83 Å². The summed E-state index contributed by atoms with van der Waals surface area (Å²) in [4.78, 5) is 21.0. The zero-order valence-electron chi connectivity index (χ0n) is 9.93. The molecule has 1 atom stereocenters. The van der Waals surface area contributed by atoms with Gasteiger partial charge in [-0.15, -0.1) is 11.3 Å². The van der Waals surface area contributed by atoms with E-state index in [2.05, 4.69) is 9.97 Å². The molecule has 6 heteroatoms. The normalized spacial score (nSPS) is 12.7. The van der Waals surface area contributed by atoms with Crippen LogP contribution < -0.4 is 5.56 Å². The summed E-state index contributed by atoms with van der Waals surface area (Å²) in [6, 6.07) is 5.28. The summed E-state index contributed by atoms with van der Waals surface area (Å²) in [5.41, 5.74) is 0.550. The Labute approximate surface area is 112 Å². The van der Waals surface area contributed by atoms with E-state index in [0.29, 0.717) is 10.9 Å². The lowest BCUT2D eigenvalue weighted by atomic mass is 10.1. The molecule has 0 unspecified atom stereocenters. The SMILES string of the molecule is O=c1c2ccsc2ncn1C[C@H](O)c1cccnc1. The number of aromatic nitrogens is 3. The van der Waals surface area contributed by atoms with Crippen molar-refractivity contribution in [3.63, 3.8) is 0 Å². The van der Waals surface area contributed by atoms with Gasteiger partial charge in [-0.2, -0.15) is 0 Å². The third-order valence-corrected chi connectivity index (χ3v) is 3.71. The van der Waals surface area contributed by atoms with Crippen LogP contribution in [0.5, 0.6) is 0 Å². The van der Waals surface area contributed by atoms with Crippen LogP contribution in [-0.4, -0.2) is 19.6 Å². The predicted molar refractivity (Wildman–Crippen MR) is 73.1 cm³/mol. The lowest BCUT2D eigenvalue weighted by molar-refractivity contribution is 0.154. The minimum Gasteiger partial charge on any atom is -0.386 e. The average molecular weight is 273 g/mol. The Bertz CT molecular complexity index is 751. The van der Waals surface area contributed by atoms with Gasteiger partial charge >= 0.3 is 0 Å². The zero-order chi connectivity index (χ0) is 13.2. The maximum atomic E-state index is 12.2. The number of rotatable bonds is 3. The molecule has 3 heterocycles. The minimum atomic E-state index is -0.774. The molecule has 5 nitrogen and oxygen atoms in total. The Morgan fingerprint density at radius 2 is 2.32 bits per heavy atom.